The third kappa shape index (κ3) is 3.11. The molecule has 1 saturated carbocycles. The summed E-state index contributed by atoms with van der Waals surface area (Å²) in [6, 6.07) is 0.306. The van der Waals surface area contributed by atoms with Crippen LogP contribution >= 0.6 is 0 Å². The molecule has 2 amide bonds. The SMILES string of the molecule is NCC(NC(=O)N1CCCCCC1)C1CC1. The van der Waals surface area contributed by atoms with Gasteiger partial charge in [-0.15, -0.1) is 0 Å². The summed E-state index contributed by atoms with van der Waals surface area (Å²) in [6.07, 6.45) is 7.25. The molecule has 1 saturated heterocycles. The molecule has 1 heterocycles. The number of likely N-dealkylation sites (tertiary alicyclic amines) is 1. The number of hydrogen-bond donors (Lipinski definition) is 2. The van der Waals surface area contributed by atoms with Crippen LogP contribution in [0, 0.1) is 5.92 Å². The normalized spacial score (nSPS) is 23.7. The molecule has 0 radical (unpaired) electrons. The van der Waals surface area contributed by atoms with Crippen LogP contribution in [-0.2, 0) is 0 Å². The highest BCUT2D eigenvalue weighted by molar-refractivity contribution is 5.74. The fraction of sp³-hybridized carbons (Fsp3) is 0.917. The lowest BCUT2D eigenvalue weighted by atomic mass is 10.2. The van der Waals surface area contributed by atoms with Gasteiger partial charge in [-0.25, -0.2) is 4.79 Å². The Labute approximate surface area is 97.6 Å². The summed E-state index contributed by atoms with van der Waals surface area (Å²) in [4.78, 5) is 14.0. The number of nitrogens with two attached hydrogens (primary N) is 1. The zero-order valence-electron chi connectivity index (χ0n) is 9.95. The maximum atomic E-state index is 12.0. The largest absolute Gasteiger partial charge is 0.334 e. The van der Waals surface area contributed by atoms with Gasteiger partial charge < -0.3 is 16.0 Å². The summed E-state index contributed by atoms with van der Waals surface area (Å²) in [5.41, 5.74) is 5.69. The van der Waals surface area contributed by atoms with E-state index < -0.39 is 0 Å². The Kier molecular flexibility index (Phi) is 4.04. The van der Waals surface area contributed by atoms with E-state index in [1.165, 1.54) is 25.7 Å². The van der Waals surface area contributed by atoms with E-state index in [0.29, 0.717) is 12.5 Å². The molecule has 16 heavy (non-hydrogen) atoms. The molecule has 1 aliphatic heterocycles. The van der Waals surface area contributed by atoms with Crippen LogP contribution in [0.1, 0.15) is 38.5 Å². The standard InChI is InChI=1S/C12H23N3O/c13-9-11(10-5-6-10)14-12(16)15-7-3-1-2-4-8-15/h10-11H,1-9,13H2,(H,14,16). The first-order valence-corrected chi connectivity index (χ1v) is 6.57. The van der Waals surface area contributed by atoms with E-state index in [1.807, 2.05) is 4.90 Å². The monoisotopic (exact) mass is 225 g/mol. The fourth-order valence-electron chi connectivity index (χ4n) is 2.39. The number of urea groups is 1. The van der Waals surface area contributed by atoms with Crippen molar-refractivity contribution in [1.29, 1.82) is 0 Å². The summed E-state index contributed by atoms with van der Waals surface area (Å²) < 4.78 is 0. The van der Waals surface area contributed by atoms with Gasteiger partial charge in [0.25, 0.3) is 0 Å². The smallest absolute Gasteiger partial charge is 0.317 e. The highest BCUT2D eigenvalue weighted by atomic mass is 16.2. The molecule has 4 nitrogen and oxygen atoms in total. The predicted molar refractivity (Wildman–Crippen MR) is 64.1 cm³/mol. The first-order chi connectivity index (χ1) is 7.81. The van der Waals surface area contributed by atoms with Crippen molar-refractivity contribution >= 4 is 6.03 Å². The molecular weight excluding hydrogens is 202 g/mol. The number of carbonyl (C=O) groups excluding carboxylic acids is 1. The highest BCUT2D eigenvalue weighted by Gasteiger charge is 2.32. The summed E-state index contributed by atoms with van der Waals surface area (Å²) in [5, 5.41) is 3.09. The molecule has 0 aromatic heterocycles. The van der Waals surface area contributed by atoms with E-state index in [4.69, 9.17) is 5.73 Å². The minimum Gasteiger partial charge on any atom is -0.334 e. The summed E-state index contributed by atoms with van der Waals surface area (Å²) in [5.74, 6) is 0.640. The maximum Gasteiger partial charge on any atom is 0.317 e. The molecule has 0 spiro atoms. The van der Waals surface area contributed by atoms with E-state index in [0.717, 1.165) is 25.9 Å². The molecule has 92 valence electrons. The minimum absolute atomic E-state index is 0.101. The lowest BCUT2D eigenvalue weighted by Crippen LogP contribution is -2.48. The van der Waals surface area contributed by atoms with Crippen molar-refractivity contribution in [2.75, 3.05) is 19.6 Å². The molecule has 1 unspecified atom stereocenters. The Hall–Kier alpha value is -0.770. The van der Waals surface area contributed by atoms with Gasteiger partial charge in [0.1, 0.15) is 0 Å². The molecule has 0 bridgehead atoms. The van der Waals surface area contributed by atoms with Crippen molar-refractivity contribution in [3.63, 3.8) is 0 Å². The fourth-order valence-corrected chi connectivity index (χ4v) is 2.39. The van der Waals surface area contributed by atoms with E-state index in [2.05, 4.69) is 5.32 Å². The summed E-state index contributed by atoms with van der Waals surface area (Å²) in [6.45, 7) is 2.39. The Bertz CT molecular complexity index is 232. The van der Waals surface area contributed by atoms with Gasteiger partial charge in [-0.05, 0) is 31.6 Å². The highest BCUT2D eigenvalue weighted by Crippen LogP contribution is 2.32. The van der Waals surface area contributed by atoms with Crippen LogP contribution < -0.4 is 11.1 Å². The van der Waals surface area contributed by atoms with Crippen molar-refractivity contribution in [2.45, 2.75) is 44.6 Å². The van der Waals surface area contributed by atoms with Crippen molar-refractivity contribution in [3.05, 3.63) is 0 Å². The van der Waals surface area contributed by atoms with Gasteiger partial charge in [0.2, 0.25) is 0 Å². The summed E-state index contributed by atoms with van der Waals surface area (Å²) in [7, 11) is 0. The van der Waals surface area contributed by atoms with Crippen LogP contribution in [0.3, 0.4) is 0 Å². The van der Waals surface area contributed by atoms with Crippen LogP contribution in [0.5, 0.6) is 0 Å². The number of rotatable bonds is 3. The van der Waals surface area contributed by atoms with Gasteiger partial charge in [0.05, 0.1) is 0 Å². The average Bonchev–Trinajstić information content (AvgIpc) is 3.11. The molecule has 1 aliphatic carbocycles. The Morgan fingerprint density at radius 3 is 2.38 bits per heavy atom. The molecular formula is C12H23N3O. The summed E-state index contributed by atoms with van der Waals surface area (Å²) >= 11 is 0. The zero-order chi connectivity index (χ0) is 11.4. The third-order valence-corrected chi connectivity index (χ3v) is 3.65. The molecule has 1 atom stereocenters. The van der Waals surface area contributed by atoms with Gasteiger partial charge in [-0.3, -0.25) is 0 Å². The maximum absolute atomic E-state index is 12.0. The van der Waals surface area contributed by atoms with Crippen molar-refractivity contribution in [3.8, 4) is 0 Å². The van der Waals surface area contributed by atoms with E-state index >= 15 is 0 Å². The Balaban J connectivity index is 1.80. The molecule has 0 aromatic carbocycles. The molecule has 2 aliphatic rings. The van der Waals surface area contributed by atoms with Crippen LogP contribution in [0.15, 0.2) is 0 Å². The lowest BCUT2D eigenvalue weighted by molar-refractivity contribution is 0.194. The quantitative estimate of drug-likeness (QED) is 0.761. The number of carbonyl (C=O) groups is 1. The van der Waals surface area contributed by atoms with Crippen molar-refractivity contribution in [1.82, 2.24) is 10.2 Å². The number of hydrogen-bond acceptors (Lipinski definition) is 2. The second kappa shape index (κ2) is 5.53. The predicted octanol–water partition coefficient (Wildman–Crippen LogP) is 1.31. The average molecular weight is 225 g/mol. The zero-order valence-corrected chi connectivity index (χ0v) is 9.95. The van der Waals surface area contributed by atoms with Gasteiger partial charge in [0.15, 0.2) is 0 Å². The molecule has 2 fully saturated rings. The third-order valence-electron chi connectivity index (χ3n) is 3.65. The number of nitrogens with zero attached hydrogens (tertiary/aromatic N) is 1. The van der Waals surface area contributed by atoms with Crippen molar-refractivity contribution in [2.24, 2.45) is 11.7 Å². The van der Waals surface area contributed by atoms with Gasteiger partial charge in [0, 0.05) is 25.7 Å². The second-order valence-electron chi connectivity index (χ2n) is 5.03. The first kappa shape index (κ1) is 11.7. The van der Waals surface area contributed by atoms with E-state index in [-0.39, 0.29) is 12.1 Å². The molecule has 0 aromatic rings. The Morgan fingerprint density at radius 2 is 1.88 bits per heavy atom. The molecule has 3 N–H and O–H groups in total. The molecule has 4 heteroatoms. The van der Waals surface area contributed by atoms with Crippen LogP contribution in [0.2, 0.25) is 0 Å². The second-order valence-corrected chi connectivity index (χ2v) is 5.03. The van der Waals surface area contributed by atoms with Crippen LogP contribution in [0.25, 0.3) is 0 Å². The van der Waals surface area contributed by atoms with E-state index in [9.17, 15) is 4.79 Å². The number of nitrogens with one attached hydrogen (secondary N) is 1. The van der Waals surface area contributed by atoms with Crippen LogP contribution in [0.4, 0.5) is 4.79 Å². The molecule has 2 rings (SSSR count). The van der Waals surface area contributed by atoms with Crippen LogP contribution in [-0.4, -0.2) is 36.6 Å². The van der Waals surface area contributed by atoms with Gasteiger partial charge in [-0.1, -0.05) is 12.8 Å². The van der Waals surface area contributed by atoms with Gasteiger partial charge in [-0.2, -0.15) is 0 Å². The lowest BCUT2D eigenvalue weighted by Gasteiger charge is -2.24. The van der Waals surface area contributed by atoms with E-state index in [1.54, 1.807) is 0 Å². The topological polar surface area (TPSA) is 58.4 Å². The Morgan fingerprint density at radius 1 is 1.25 bits per heavy atom. The van der Waals surface area contributed by atoms with Crippen molar-refractivity contribution < 1.29 is 4.79 Å². The first-order valence-electron chi connectivity index (χ1n) is 6.57. The van der Waals surface area contributed by atoms with Gasteiger partial charge >= 0.3 is 6.03 Å². The minimum atomic E-state index is 0.101. The number of amides is 2.